The van der Waals surface area contributed by atoms with Crippen LogP contribution < -0.4 is 5.32 Å². The van der Waals surface area contributed by atoms with Crippen LogP contribution in [0.15, 0.2) is 24.3 Å². The van der Waals surface area contributed by atoms with Gasteiger partial charge in [0.2, 0.25) is 0 Å². The Morgan fingerprint density at radius 1 is 1.15 bits per heavy atom. The van der Waals surface area contributed by atoms with Gasteiger partial charge in [0.25, 0.3) is 5.91 Å². The summed E-state index contributed by atoms with van der Waals surface area (Å²) in [6, 6.07) is 6.76. The van der Waals surface area contributed by atoms with Crippen LogP contribution in [0.5, 0.6) is 0 Å². The molecule has 1 aromatic carbocycles. The van der Waals surface area contributed by atoms with Crippen molar-refractivity contribution in [3.63, 3.8) is 0 Å². The molecule has 0 radical (unpaired) electrons. The Labute approximate surface area is 120 Å². The first-order valence-corrected chi connectivity index (χ1v) is 7.13. The van der Waals surface area contributed by atoms with E-state index in [1.165, 1.54) is 0 Å². The molecule has 0 unspecified atom stereocenters. The zero-order valence-corrected chi connectivity index (χ0v) is 12.4. The molecule has 0 atom stereocenters. The van der Waals surface area contributed by atoms with Gasteiger partial charge in [-0.3, -0.25) is 4.79 Å². The van der Waals surface area contributed by atoms with Gasteiger partial charge in [-0.15, -0.1) is 0 Å². The number of rotatable bonds is 7. The summed E-state index contributed by atoms with van der Waals surface area (Å²) < 4.78 is 5.21. The van der Waals surface area contributed by atoms with Gasteiger partial charge in [-0.05, 0) is 32.4 Å². The van der Waals surface area contributed by atoms with E-state index in [0.29, 0.717) is 17.7 Å². The third-order valence-corrected chi connectivity index (χ3v) is 2.79. The maximum absolute atomic E-state index is 12.0. The lowest BCUT2D eigenvalue weighted by Gasteiger charge is -2.12. The van der Waals surface area contributed by atoms with Gasteiger partial charge in [0.1, 0.15) is 0 Å². The maximum Gasteiger partial charge on any atom is 0.338 e. The van der Waals surface area contributed by atoms with Gasteiger partial charge < -0.3 is 10.1 Å². The second-order valence-electron chi connectivity index (χ2n) is 5.02. The average Bonchev–Trinajstić information content (AvgIpc) is 2.42. The zero-order chi connectivity index (χ0) is 15.0. The van der Waals surface area contributed by atoms with Gasteiger partial charge in [0, 0.05) is 6.04 Å². The number of carbonyl (C=O) groups is 2. The molecule has 4 nitrogen and oxygen atoms in total. The Hall–Kier alpha value is -1.84. The predicted octanol–water partition coefficient (Wildman–Crippen LogP) is 3.17. The Bertz CT molecular complexity index is 455. The van der Waals surface area contributed by atoms with Gasteiger partial charge in [0.05, 0.1) is 17.7 Å². The molecule has 20 heavy (non-hydrogen) atoms. The standard InChI is InChI=1S/C16H23NO3/c1-4-5-8-11-20-16(19)14-10-7-6-9-13(14)15(18)17-12(2)3/h6-7,9-10,12H,4-5,8,11H2,1-3H3,(H,17,18). The van der Waals surface area contributed by atoms with Crippen LogP contribution in [0, 0.1) is 0 Å². The molecule has 0 bridgehead atoms. The summed E-state index contributed by atoms with van der Waals surface area (Å²) in [7, 11) is 0. The molecule has 0 aliphatic carbocycles. The summed E-state index contributed by atoms with van der Waals surface area (Å²) in [5, 5.41) is 2.78. The molecule has 0 aromatic heterocycles. The van der Waals surface area contributed by atoms with E-state index in [-0.39, 0.29) is 11.9 Å². The van der Waals surface area contributed by atoms with Crippen LogP contribution in [0.4, 0.5) is 0 Å². The largest absolute Gasteiger partial charge is 0.462 e. The first-order chi connectivity index (χ1) is 9.56. The highest BCUT2D eigenvalue weighted by Crippen LogP contribution is 2.11. The summed E-state index contributed by atoms with van der Waals surface area (Å²) in [4.78, 5) is 24.1. The molecule has 0 aliphatic rings. The van der Waals surface area contributed by atoms with Crippen LogP contribution in [0.1, 0.15) is 60.7 Å². The molecule has 1 aromatic rings. The predicted molar refractivity (Wildman–Crippen MR) is 78.9 cm³/mol. The quantitative estimate of drug-likeness (QED) is 0.615. The number of ether oxygens (including phenoxy) is 1. The highest BCUT2D eigenvalue weighted by Gasteiger charge is 2.17. The van der Waals surface area contributed by atoms with Crippen LogP contribution in [0.25, 0.3) is 0 Å². The summed E-state index contributed by atoms with van der Waals surface area (Å²) in [5.41, 5.74) is 0.684. The van der Waals surface area contributed by atoms with Crippen LogP contribution in [-0.2, 0) is 4.74 Å². The Kier molecular flexibility index (Phi) is 6.77. The number of carbonyl (C=O) groups excluding carboxylic acids is 2. The summed E-state index contributed by atoms with van der Waals surface area (Å²) in [6.45, 7) is 6.24. The van der Waals surface area contributed by atoms with Crippen molar-refractivity contribution in [2.45, 2.75) is 46.1 Å². The number of hydrogen-bond donors (Lipinski definition) is 1. The molecular formula is C16H23NO3. The van der Waals surface area contributed by atoms with E-state index in [2.05, 4.69) is 12.2 Å². The Balaban J connectivity index is 2.74. The van der Waals surface area contributed by atoms with Gasteiger partial charge >= 0.3 is 5.97 Å². The summed E-state index contributed by atoms with van der Waals surface area (Å²) >= 11 is 0. The van der Waals surface area contributed by atoms with E-state index in [1.807, 2.05) is 13.8 Å². The fourth-order valence-corrected chi connectivity index (χ4v) is 1.79. The lowest BCUT2D eigenvalue weighted by atomic mass is 10.1. The second kappa shape index (κ2) is 8.35. The smallest absolute Gasteiger partial charge is 0.338 e. The molecule has 1 amide bonds. The van der Waals surface area contributed by atoms with Crippen molar-refractivity contribution in [2.24, 2.45) is 0 Å². The van der Waals surface area contributed by atoms with Gasteiger partial charge in [-0.2, -0.15) is 0 Å². The van der Waals surface area contributed by atoms with Gasteiger partial charge in [0.15, 0.2) is 0 Å². The summed E-state index contributed by atoms with van der Waals surface area (Å²) in [5.74, 6) is -0.684. The van der Waals surface area contributed by atoms with E-state index >= 15 is 0 Å². The number of unbranched alkanes of at least 4 members (excludes halogenated alkanes) is 2. The second-order valence-corrected chi connectivity index (χ2v) is 5.02. The lowest BCUT2D eigenvalue weighted by Crippen LogP contribution is -2.31. The normalized spacial score (nSPS) is 10.4. The van der Waals surface area contributed by atoms with Crippen LogP contribution >= 0.6 is 0 Å². The Morgan fingerprint density at radius 2 is 1.80 bits per heavy atom. The van der Waals surface area contributed by atoms with Crippen molar-refractivity contribution in [2.75, 3.05) is 6.61 Å². The van der Waals surface area contributed by atoms with Crippen molar-refractivity contribution in [1.82, 2.24) is 5.32 Å². The lowest BCUT2D eigenvalue weighted by molar-refractivity contribution is 0.0494. The molecule has 0 fully saturated rings. The fourth-order valence-electron chi connectivity index (χ4n) is 1.79. The number of esters is 1. The average molecular weight is 277 g/mol. The minimum atomic E-state index is -0.435. The monoisotopic (exact) mass is 277 g/mol. The maximum atomic E-state index is 12.0. The number of hydrogen-bond acceptors (Lipinski definition) is 3. The molecule has 110 valence electrons. The zero-order valence-electron chi connectivity index (χ0n) is 12.4. The number of benzene rings is 1. The fraction of sp³-hybridized carbons (Fsp3) is 0.500. The number of amides is 1. The summed E-state index contributed by atoms with van der Waals surface area (Å²) in [6.07, 6.45) is 2.95. The van der Waals surface area contributed by atoms with Crippen molar-refractivity contribution >= 4 is 11.9 Å². The minimum absolute atomic E-state index is 0.0242. The van der Waals surface area contributed by atoms with E-state index in [0.717, 1.165) is 19.3 Å². The third kappa shape index (κ3) is 5.03. The highest BCUT2D eigenvalue weighted by atomic mass is 16.5. The molecule has 0 saturated heterocycles. The van der Waals surface area contributed by atoms with Crippen molar-refractivity contribution in [1.29, 1.82) is 0 Å². The first kappa shape index (κ1) is 16.2. The van der Waals surface area contributed by atoms with E-state index in [9.17, 15) is 9.59 Å². The van der Waals surface area contributed by atoms with Crippen molar-refractivity contribution in [3.05, 3.63) is 35.4 Å². The van der Waals surface area contributed by atoms with E-state index in [1.54, 1.807) is 24.3 Å². The van der Waals surface area contributed by atoms with Crippen molar-refractivity contribution in [3.8, 4) is 0 Å². The first-order valence-electron chi connectivity index (χ1n) is 7.13. The van der Waals surface area contributed by atoms with Crippen LogP contribution in [-0.4, -0.2) is 24.5 Å². The molecule has 0 saturated carbocycles. The molecule has 0 spiro atoms. The van der Waals surface area contributed by atoms with Gasteiger partial charge in [-0.1, -0.05) is 31.9 Å². The van der Waals surface area contributed by atoms with E-state index in [4.69, 9.17) is 4.74 Å². The molecule has 1 rings (SSSR count). The van der Waals surface area contributed by atoms with Crippen LogP contribution in [0.2, 0.25) is 0 Å². The third-order valence-electron chi connectivity index (χ3n) is 2.79. The highest BCUT2D eigenvalue weighted by molar-refractivity contribution is 6.05. The molecule has 4 heteroatoms. The topological polar surface area (TPSA) is 55.4 Å². The molecular weight excluding hydrogens is 254 g/mol. The molecule has 0 heterocycles. The Morgan fingerprint density at radius 3 is 2.40 bits per heavy atom. The van der Waals surface area contributed by atoms with Crippen molar-refractivity contribution < 1.29 is 14.3 Å². The molecule has 1 N–H and O–H groups in total. The van der Waals surface area contributed by atoms with Gasteiger partial charge in [-0.25, -0.2) is 4.79 Å². The van der Waals surface area contributed by atoms with E-state index < -0.39 is 5.97 Å². The molecule has 0 aliphatic heterocycles. The minimum Gasteiger partial charge on any atom is -0.462 e. The SMILES string of the molecule is CCCCCOC(=O)c1ccccc1C(=O)NC(C)C. The number of nitrogens with one attached hydrogen (secondary N) is 1. The van der Waals surface area contributed by atoms with Crippen LogP contribution in [0.3, 0.4) is 0 Å².